The van der Waals surface area contributed by atoms with Gasteiger partial charge in [-0.15, -0.1) is 5.10 Å². The molecule has 3 aromatic rings. The van der Waals surface area contributed by atoms with Crippen LogP contribution in [0.15, 0.2) is 35.3 Å². The van der Waals surface area contributed by atoms with Gasteiger partial charge in [-0.05, 0) is 18.1 Å². The number of rotatable bonds is 4. The Morgan fingerprint density at radius 1 is 1.30 bits per heavy atom. The Kier molecular flexibility index (Phi) is 3.08. The predicted octanol–water partition coefficient (Wildman–Crippen LogP) is 0.552. The third-order valence-corrected chi connectivity index (χ3v) is 3.07. The lowest BCUT2D eigenvalue weighted by Crippen LogP contribution is -2.27. The minimum Gasteiger partial charge on any atom is -0.361 e. The Labute approximate surface area is 113 Å². The third kappa shape index (κ3) is 2.33. The number of benzene rings is 1. The zero-order chi connectivity index (χ0) is 13.9. The van der Waals surface area contributed by atoms with E-state index in [2.05, 4.69) is 25.5 Å². The molecular weight excluding hydrogens is 258 g/mol. The molecule has 7 nitrogen and oxygen atoms in total. The molecule has 4 N–H and O–H groups in total. The van der Waals surface area contributed by atoms with E-state index in [0.717, 1.165) is 16.5 Å². The molecule has 0 bridgehead atoms. The van der Waals surface area contributed by atoms with E-state index in [0.29, 0.717) is 13.0 Å². The van der Waals surface area contributed by atoms with Gasteiger partial charge in [-0.25, -0.2) is 9.89 Å². The van der Waals surface area contributed by atoms with Crippen LogP contribution < -0.4 is 11.0 Å². The van der Waals surface area contributed by atoms with Crippen molar-refractivity contribution in [1.29, 1.82) is 0 Å². The number of aromatic amines is 3. The lowest BCUT2D eigenvalue weighted by molar-refractivity contribution is 0.0944. The summed E-state index contributed by atoms with van der Waals surface area (Å²) in [7, 11) is 0. The second-order valence-electron chi connectivity index (χ2n) is 4.39. The van der Waals surface area contributed by atoms with Crippen LogP contribution in [0.1, 0.15) is 16.2 Å². The molecular formula is C13H13N5O2. The van der Waals surface area contributed by atoms with Crippen LogP contribution in [0.2, 0.25) is 0 Å². The van der Waals surface area contributed by atoms with E-state index in [1.165, 1.54) is 0 Å². The highest BCUT2D eigenvalue weighted by atomic mass is 16.2. The summed E-state index contributed by atoms with van der Waals surface area (Å²) in [5.41, 5.74) is 1.72. The van der Waals surface area contributed by atoms with Crippen LogP contribution in [0.25, 0.3) is 10.9 Å². The number of carbonyl (C=O) groups is 1. The first kappa shape index (κ1) is 12.2. The SMILES string of the molecule is O=C(NCCc1c[nH]c2ccccc12)c1n[nH]c(=O)[nH]1. The second kappa shape index (κ2) is 5.04. The van der Waals surface area contributed by atoms with Gasteiger partial charge in [0, 0.05) is 23.6 Å². The molecule has 0 unspecified atom stereocenters. The molecule has 20 heavy (non-hydrogen) atoms. The van der Waals surface area contributed by atoms with Crippen LogP contribution in [-0.2, 0) is 6.42 Å². The van der Waals surface area contributed by atoms with Crippen molar-refractivity contribution in [2.45, 2.75) is 6.42 Å². The minimum absolute atomic E-state index is 0.00562. The molecule has 3 rings (SSSR count). The molecule has 0 fully saturated rings. The molecule has 0 saturated carbocycles. The first-order valence-corrected chi connectivity index (χ1v) is 6.22. The van der Waals surface area contributed by atoms with Gasteiger partial charge in [0.2, 0.25) is 5.82 Å². The number of carbonyl (C=O) groups excluding carboxylic acids is 1. The zero-order valence-corrected chi connectivity index (χ0v) is 10.6. The molecule has 1 aromatic carbocycles. The fraction of sp³-hybridized carbons (Fsp3) is 0.154. The summed E-state index contributed by atoms with van der Waals surface area (Å²) in [4.78, 5) is 28.0. The number of fused-ring (bicyclic) bond motifs is 1. The Morgan fingerprint density at radius 3 is 2.95 bits per heavy atom. The van der Waals surface area contributed by atoms with E-state index in [1.54, 1.807) is 0 Å². The maximum absolute atomic E-state index is 11.7. The van der Waals surface area contributed by atoms with E-state index in [-0.39, 0.29) is 5.82 Å². The number of para-hydroxylation sites is 1. The van der Waals surface area contributed by atoms with Crippen molar-refractivity contribution >= 4 is 16.8 Å². The molecule has 2 heterocycles. The summed E-state index contributed by atoms with van der Waals surface area (Å²) >= 11 is 0. The van der Waals surface area contributed by atoms with Crippen molar-refractivity contribution in [1.82, 2.24) is 25.5 Å². The maximum atomic E-state index is 11.7. The normalized spacial score (nSPS) is 10.8. The Morgan fingerprint density at radius 2 is 2.15 bits per heavy atom. The lowest BCUT2D eigenvalue weighted by atomic mass is 10.1. The smallest absolute Gasteiger partial charge is 0.341 e. The quantitative estimate of drug-likeness (QED) is 0.556. The van der Waals surface area contributed by atoms with Crippen molar-refractivity contribution in [3.05, 3.63) is 52.3 Å². The first-order chi connectivity index (χ1) is 9.74. The maximum Gasteiger partial charge on any atom is 0.341 e. The Balaban J connectivity index is 1.63. The first-order valence-electron chi connectivity index (χ1n) is 6.22. The van der Waals surface area contributed by atoms with E-state index in [9.17, 15) is 9.59 Å². The van der Waals surface area contributed by atoms with Crippen LogP contribution >= 0.6 is 0 Å². The van der Waals surface area contributed by atoms with Gasteiger partial charge in [0.15, 0.2) is 0 Å². The van der Waals surface area contributed by atoms with E-state index >= 15 is 0 Å². The van der Waals surface area contributed by atoms with Gasteiger partial charge < -0.3 is 10.3 Å². The standard InChI is InChI=1S/C13H13N5O2/c19-12(11-16-13(20)18-17-11)14-6-5-8-7-15-10-4-2-1-3-9(8)10/h1-4,7,15H,5-6H2,(H,14,19)(H2,16,17,18,20). The largest absolute Gasteiger partial charge is 0.361 e. The molecule has 0 aliphatic heterocycles. The average Bonchev–Trinajstić information content (AvgIpc) is 3.06. The summed E-state index contributed by atoms with van der Waals surface area (Å²) in [6.45, 7) is 0.468. The van der Waals surface area contributed by atoms with Gasteiger partial charge >= 0.3 is 5.69 Å². The molecule has 102 valence electrons. The molecule has 7 heteroatoms. The predicted molar refractivity (Wildman–Crippen MR) is 73.5 cm³/mol. The van der Waals surface area contributed by atoms with Gasteiger partial charge in [0.25, 0.3) is 5.91 Å². The van der Waals surface area contributed by atoms with Crippen molar-refractivity contribution < 1.29 is 4.79 Å². The molecule has 2 aromatic heterocycles. The minimum atomic E-state index is -0.494. The van der Waals surface area contributed by atoms with Gasteiger partial charge in [-0.3, -0.25) is 9.78 Å². The Bertz CT molecular complexity index is 798. The average molecular weight is 271 g/mol. The van der Waals surface area contributed by atoms with Crippen molar-refractivity contribution in [2.75, 3.05) is 6.54 Å². The molecule has 0 spiro atoms. The van der Waals surface area contributed by atoms with Crippen LogP contribution in [-0.4, -0.2) is 32.6 Å². The summed E-state index contributed by atoms with van der Waals surface area (Å²) in [6.07, 6.45) is 2.64. The van der Waals surface area contributed by atoms with Gasteiger partial charge in [-0.1, -0.05) is 18.2 Å². The lowest BCUT2D eigenvalue weighted by Gasteiger charge is -2.02. The summed E-state index contributed by atoms with van der Waals surface area (Å²) < 4.78 is 0. The van der Waals surface area contributed by atoms with Crippen LogP contribution in [0.5, 0.6) is 0 Å². The number of hydrogen-bond acceptors (Lipinski definition) is 3. The Hall–Kier alpha value is -2.83. The van der Waals surface area contributed by atoms with E-state index < -0.39 is 11.6 Å². The third-order valence-electron chi connectivity index (χ3n) is 3.07. The topological polar surface area (TPSA) is 106 Å². The highest BCUT2D eigenvalue weighted by Gasteiger charge is 2.09. The summed E-state index contributed by atoms with van der Waals surface area (Å²) in [6, 6.07) is 7.99. The van der Waals surface area contributed by atoms with Gasteiger partial charge in [0.05, 0.1) is 0 Å². The molecule has 1 amide bonds. The van der Waals surface area contributed by atoms with Crippen LogP contribution in [0.3, 0.4) is 0 Å². The van der Waals surface area contributed by atoms with Crippen molar-refractivity contribution in [3.63, 3.8) is 0 Å². The number of H-pyrrole nitrogens is 3. The van der Waals surface area contributed by atoms with Crippen LogP contribution in [0, 0.1) is 0 Å². The molecule has 0 aliphatic rings. The van der Waals surface area contributed by atoms with E-state index in [1.807, 2.05) is 30.5 Å². The van der Waals surface area contributed by atoms with Gasteiger partial charge in [-0.2, -0.15) is 0 Å². The number of nitrogens with zero attached hydrogens (tertiary/aromatic N) is 1. The molecule has 0 aliphatic carbocycles. The number of aromatic nitrogens is 4. The fourth-order valence-electron chi connectivity index (χ4n) is 2.11. The van der Waals surface area contributed by atoms with Crippen LogP contribution in [0.4, 0.5) is 0 Å². The summed E-state index contributed by atoms with van der Waals surface area (Å²) in [5, 5.41) is 9.58. The molecule has 0 radical (unpaired) electrons. The van der Waals surface area contributed by atoms with E-state index in [4.69, 9.17) is 0 Å². The highest BCUT2D eigenvalue weighted by Crippen LogP contribution is 2.17. The summed E-state index contributed by atoms with van der Waals surface area (Å²) in [5.74, 6) is -0.405. The molecule has 0 atom stereocenters. The highest BCUT2D eigenvalue weighted by molar-refractivity contribution is 5.90. The zero-order valence-electron chi connectivity index (χ0n) is 10.6. The van der Waals surface area contributed by atoms with Gasteiger partial charge in [0.1, 0.15) is 0 Å². The monoisotopic (exact) mass is 271 g/mol. The number of amides is 1. The fourth-order valence-corrected chi connectivity index (χ4v) is 2.11. The van der Waals surface area contributed by atoms with Crippen molar-refractivity contribution in [2.24, 2.45) is 0 Å². The number of hydrogen-bond donors (Lipinski definition) is 4. The molecule has 0 saturated heterocycles. The van der Waals surface area contributed by atoms with Crippen molar-refractivity contribution in [3.8, 4) is 0 Å². The number of nitrogens with one attached hydrogen (secondary N) is 4. The second-order valence-corrected chi connectivity index (χ2v) is 4.39.